The Balaban J connectivity index is 2.09. The molecule has 2 aromatic carbocycles. The molecule has 0 N–H and O–H groups in total. The largest absolute Gasteiger partial charge is 0.491 e. The first-order chi connectivity index (χ1) is 9.61. The summed E-state index contributed by atoms with van der Waals surface area (Å²) in [4.78, 5) is 0. The van der Waals surface area contributed by atoms with E-state index >= 15 is 0 Å². The van der Waals surface area contributed by atoms with Gasteiger partial charge in [0.1, 0.15) is 5.75 Å². The van der Waals surface area contributed by atoms with Crippen molar-refractivity contribution in [2.24, 2.45) is 0 Å². The first-order valence-electron chi connectivity index (χ1n) is 6.00. The highest BCUT2D eigenvalue weighted by molar-refractivity contribution is 9.10. The van der Waals surface area contributed by atoms with Crippen LogP contribution in [0.3, 0.4) is 0 Å². The molecule has 0 aromatic heterocycles. The van der Waals surface area contributed by atoms with E-state index in [9.17, 15) is 0 Å². The molecular weight excluding hydrogens is 427 g/mol. The zero-order valence-electron chi connectivity index (χ0n) is 10.5. The maximum Gasteiger partial charge on any atom is 0.139 e. The molecule has 2 rings (SSSR count). The van der Waals surface area contributed by atoms with Crippen LogP contribution < -0.4 is 4.74 Å². The van der Waals surface area contributed by atoms with Crippen molar-refractivity contribution >= 4 is 55.1 Å². The lowest BCUT2D eigenvalue weighted by Gasteiger charge is -2.16. The highest BCUT2D eigenvalue weighted by Crippen LogP contribution is 2.34. The van der Waals surface area contributed by atoms with E-state index in [0.29, 0.717) is 22.4 Å². The van der Waals surface area contributed by atoms with E-state index in [-0.39, 0.29) is 5.92 Å². The third-order valence-electron chi connectivity index (χ3n) is 2.87. The third-order valence-corrected chi connectivity index (χ3v) is 5.15. The van der Waals surface area contributed by atoms with Gasteiger partial charge in [-0.05, 0) is 27.6 Å². The van der Waals surface area contributed by atoms with Gasteiger partial charge < -0.3 is 4.74 Å². The van der Waals surface area contributed by atoms with Gasteiger partial charge in [0, 0.05) is 21.8 Å². The van der Waals surface area contributed by atoms with E-state index in [1.165, 1.54) is 5.56 Å². The second kappa shape index (κ2) is 7.69. The maximum atomic E-state index is 6.15. The number of halogens is 4. The molecule has 0 bridgehead atoms. The van der Waals surface area contributed by atoms with Crippen LogP contribution in [0.1, 0.15) is 11.5 Å². The molecule has 20 heavy (non-hydrogen) atoms. The molecule has 0 fully saturated rings. The van der Waals surface area contributed by atoms with Gasteiger partial charge in [0.2, 0.25) is 0 Å². The van der Waals surface area contributed by atoms with Crippen molar-refractivity contribution in [2.75, 3.05) is 11.9 Å². The molecule has 5 heteroatoms. The molecule has 1 nitrogen and oxygen atoms in total. The maximum absolute atomic E-state index is 6.15. The van der Waals surface area contributed by atoms with Crippen LogP contribution in [-0.4, -0.2) is 11.9 Å². The minimum absolute atomic E-state index is 0.259. The zero-order chi connectivity index (χ0) is 14.5. The Bertz CT molecular complexity index is 576. The molecule has 0 spiro atoms. The molecule has 0 saturated heterocycles. The van der Waals surface area contributed by atoms with Crippen LogP contribution in [0.15, 0.2) is 46.9 Å². The van der Waals surface area contributed by atoms with Crippen molar-refractivity contribution in [1.29, 1.82) is 0 Å². The average Bonchev–Trinajstić information content (AvgIpc) is 2.46. The number of rotatable bonds is 5. The van der Waals surface area contributed by atoms with Gasteiger partial charge in [-0.1, -0.05) is 69.5 Å². The molecule has 0 aliphatic carbocycles. The van der Waals surface area contributed by atoms with Crippen LogP contribution in [0, 0.1) is 0 Å². The fraction of sp³-hybridized carbons (Fsp3) is 0.200. The molecule has 0 amide bonds. The second-order valence-electron chi connectivity index (χ2n) is 4.27. The van der Waals surface area contributed by atoms with Crippen LogP contribution in [0.2, 0.25) is 10.0 Å². The Morgan fingerprint density at radius 2 is 1.75 bits per heavy atom. The van der Waals surface area contributed by atoms with E-state index < -0.39 is 0 Å². The number of alkyl halides is 1. The summed E-state index contributed by atoms with van der Waals surface area (Å²) < 4.78 is 6.57. The lowest BCUT2D eigenvalue weighted by molar-refractivity contribution is 0.298. The molecule has 0 radical (unpaired) electrons. The molecule has 1 unspecified atom stereocenters. The second-order valence-corrected chi connectivity index (χ2v) is 6.59. The molecule has 0 aliphatic rings. The Morgan fingerprint density at radius 1 is 1.05 bits per heavy atom. The Kier molecular flexibility index (Phi) is 6.21. The topological polar surface area (TPSA) is 9.23 Å². The summed E-state index contributed by atoms with van der Waals surface area (Å²) in [5.74, 6) is 0.858. The van der Waals surface area contributed by atoms with E-state index in [1.54, 1.807) is 12.1 Å². The van der Waals surface area contributed by atoms with Crippen molar-refractivity contribution in [1.82, 2.24) is 0 Å². The average molecular weight is 439 g/mol. The smallest absolute Gasteiger partial charge is 0.139 e. The molecule has 2 aromatic rings. The SMILES string of the molecule is Clc1cc(OCC(CBr)c2ccccc2)c(Cl)cc1Br. The van der Waals surface area contributed by atoms with Crippen LogP contribution in [0.25, 0.3) is 0 Å². The molecule has 0 heterocycles. The summed E-state index contributed by atoms with van der Waals surface area (Å²) in [6, 6.07) is 13.7. The van der Waals surface area contributed by atoms with Gasteiger partial charge >= 0.3 is 0 Å². The van der Waals surface area contributed by atoms with Crippen LogP contribution in [0.4, 0.5) is 0 Å². The van der Waals surface area contributed by atoms with Crippen molar-refractivity contribution < 1.29 is 4.74 Å². The summed E-state index contributed by atoms with van der Waals surface area (Å²) in [5, 5.41) is 1.95. The molecule has 0 aliphatic heterocycles. The fourth-order valence-corrected chi connectivity index (χ4v) is 3.17. The first kappa shape index (κ1) is 16.2. The Labute approximate surface area is 145 Å². The van der Waals surface area contributed by atoms with Gasteiger partial charge in [-0.25, -0.2) is 0 Å². The van der Waals surface area contributed by atoms with Gasteiger partial charge in [0.15, 0.2) is 0 Å². The summed E-state index contributed by atoms with van der Waals surface area (Å²) >= 11 is 19.1. The van der Waals surface area contributed by atoms with E-state index in [1.807, 2.05) is 18.2 Å². The third kappa shape index (κ3) is 4.14. The lowest BCUT2D eigenvalue weighted by Crippen LogP contribution is -2.11. The molecule has 0 saturated carbocycles. The molecule has 106 valence electrons. The van der Waals surface area contributed by atoms with Gasteiger partial charge in [0.25, 0.3) is 0 Å². The predicted octanol–water partition coefficient (Wildman–Crippen LogP) is 6.31. The van der Waals surface area contributed by atoms with E-state index in [0.717, 1.165) is 9.80 Å². The number of benzene rings is 2. The summed E-state index contributed by atoms with van der Waals surface area (Å²) in [6.07, 6.45) is 0. The van der Waals surface area contributed by atoms with Crippen LogP contribution in [0.5, 0.6) is 5.75 Å². The van der Waals surface area contributed by atoms with Gasteiger partial charge in [-0.3, -0.25) is 0 Å². The van der Waals surface area contributed by atoms with Crippen molar-refractivity contribution in [3.05, 3.63) is 62.5 Å². The Hall–Kier alpha value is -0.220. The fourth-order valence-electron chi connectivity index (χ4n) is 1.76. The van der Waals surface area contributed by atoms with Gasteiger partial charge in [-0.2, -0.15) is 0 Å². The monoisotopic (exact) mass is 436 g/mol. The zero-order valence-corrected chi connectivity index (χ0v) is 15.1. The van der Waals surface area contributed by atoms with Gasteiger partial charge in [0.05, 0.1) is 16.7 Å². The quantitative estimate of drug-likeness (QED) is 0.392. The Morgan fingerprint density at radius 3 is 2.40 bits per heavy atom. The van der Waals surface area contributed by atoms with E-state index in [4.69, 9.17) is 27.9 Å². The minimum Gasteiger partial charge on any atom is -0.491 e. The summed E-state index contributed by atoms with van der Waals surface area (Å²) in [7, 11) is 0. The van der Waals surface area contributed by atoms with E-state index in [2.05, 4.69) is 44.0 Å². The molecular formula is C15H12Br2Cl2O. The van der Waals surface area contributed by atoms with Gasteiger partial charge in [-0.15, -0.1) is 0 Å². The highest BCUT2D eigenvalue weighted by atomic mass is 79.9. The summed E-state index contributed by atoms with van der Waals surface area (Å²) in [5.41, 5.74) is 1.23. The van der Waals surface area contributed by atoms with Crippen LogP contribution >= 0.6 is 55.1 Å². The van der Waals surface area contributed by atoms with Crippen LogP contribution in [-0.2, 0) is 0 Å². The van der Waals surface area contributed by atoms with Crippen molar-refractivity contribution in [3.8, 4) is 5.75 Å². The normalized spacial score (nSPS) is 12.2. The predicted molar refractivity (Wildman–Crippen MR) is 92.6 cm³/mol. The number of hydrogen-bond acceptors (Lipinski definition) is 1. The highest BCUT2D eigenvalue weighted by Gasteiger charge is 2.13. The lowest BCUT2D eigenvalue weighted by atomic mass is 10.0. The van der Waals surface area contributed by atoms with Crippen molar-refractivity contribution in [2.45, 2.75) is 5.92 Å². The number of ether oxygens (including phenoxy) is 1. The van der Waals surface area contributed by atoms with Crippen molar-refractivity contribution in [3.63, 3.8) is 0 Å². The molecule has 1 atom stereocenters. The summed E-state index contributed by atoms with van der Waals surface area (Å²) in [6.45, 7) is 0.535. The first-order valence-corrected chi connectivity index (χ1v) is 8.67. The number of hydrogen-bond donors (Lipinski definition) is 0. The minimum atomic E-state index is 0.259. The standard InChI is InChI=1S/C15H12Br2Cl2O/c16-8-11(10-4-2-1-3-5-10)9-20-15-7-13(18)12(17)6-14(15)19/h1-7,11H,8-9H2.